The van der Waals surface area contributed by atoms with Crippen molar-refractivity contribution in [2.75, 3.05) is 44.9 Å². The van der Waals surface area contributed by atoms with Crippen molar-refractivity contribution in [2.45, 2.75) is 19.3 Å². The van der Waals surface area contributed by atoms with Gasteiger partial charge in [-0.3, -0.25) is 19.2 Å². The van der Waals surface area contributed by atoms with Crippen molar-refractivity contribution in [3.8, 4) is 0 Å². The quantitative estimate of drug-likeness (QED) is 0.342. The Hall–Kier alpha value is -3.60. The van der Waals surface area contributed by atoms with Gasteiger partial charge in [0.05, 0.1) is 24.9 Å². The zero-order valence-corrected chi connectivity index (χ0v) is 19.7. The first-order chi connectivity index (χ1) is 15.6. The molecule has 0 radical (unpaired) electrons. The number of methoxy groups -OCH3 is 1. The number of nitrogens with zero attached hydrogens (tertiary/aromatic N) is 3. The van der Waals surface area contributed by atoms with Crippen LogP contribution in [0, 0.1) is 0 Å². The maximum absolute atomic E-state index is 12.7. The Morgan fingerprint density at radius 1 is 0.909 bits per heavy atom. The second-order valence-electron chi connectivity index (χ2n) is 7.94. The van der Waals surface area contributed by atoms with E-state index < -0.39 is 11.9 Å². The molecule has 0 aliphatic rings. The number of hydrogen-bond acceptors (Lipinski definition) is 6. The second kappa shape index (κ2) is 11.9. The van der Waals surface area contributed by atoms with Crippen molar-refractivity contribution < 1.29 is 23.9 Å². The monoisotopic (exact) mass is 460 g/mol. The molecule has 0 spiro atoms. The molecule has 0 aliphatic carbocycles. The summed E-state index contributed by atoms with van der Waals surface area (Å²) in [5.41, 5.74) is 1.66. The van der Waals surface area contributed by atoms with Crippen molar-refractivity contribution in [1.82, 2.24) is 19.4 Å². The maximum atomic E-state index is 12.7. The molecule has 0 saturated carbocycles. The van der Waals surface area contributed by atoms with Crippen LogP contribution >= 0.6 is 0 Å². The predicted octanol–water partition coefficient (Wildman–Crippen LogP) is 1.19. The second-order valence-corrected chi connectivity index (χ2v) is 7.94. The van der Waals surface area contributed by atoms with E-state index in [0.29, 0.717) is 29.3 Å². The highest BCUT2D eigenvalue weighted by atomic mass is 16.5. The van der Waals surface area contributed by atoms with E-state index in [1.807, 2.05) is 19.0 Å². The molecule has 2 aromatic heterocycles. The van der Waals surface area contributed by atoms with Crippen molar-refractivity contribution in [2.24, 2.45) is 14.1 Å². The van der Waals surface area contributed by atoms with Crippen LogP contribution in [0.25, 0.3) is 0 Å². The third-order valence-corrected chi connectivity index (χ3v) is 4.87. The van der Waals surface area contributed by atoms with Crippen LogP contribution in [0.5, 0.6) is 0 Å². The van der Waals surface area contributed by atoms with Gasteiger partial charge >= 0.3 is 5.97 Å². The molecule has 0 saturated heterocycles. The highest BCUT2D eigenvalue weighted by molar-refractivity contribution is 6.05. The molecule has 11 nitrogen and oxygen atoms in total. The summed E-state index contributed by atoms with van der Waals surface area (Å²) in [6.07, 6.45) is 4.05. The molecule has 0 aromatic carbocycles. The standard InChI is InChI=1S/C22H32N6O5/c1-26(2)10-6-9-23-21(31)17-12-16(14-27(17)3)25-22(32)18-11-15(13-28(18)4)24-19(29)7-8-20(30)33-5/h11-14H,6-10H2,1-5H3,(H,23,31)(H,24,29)(H,25,32). The van der Waals surface area contributed by atoms with Crippen LogP contribution in [0.2, 0.25) is 0 Å². The zero-order chi connectivity index (χ0) is 24.5. The highest BCUT2D eigenvalue weighted by Crippen LogP contribution is 2.18. The fourth-order valence-electron chi connectivity index (χ4n) is 3.14. The highest BCUT2D eigenvalue weighted by Gasteiger charge is 2.17. The molecule has 0 bridgehead atoms. The molecule has 2 heterocycles. The SMILES string of the molecule is COC(=O)CCC(=O)Nc1cc(C(=O)Nc2cc(C(=O)NCCCN(C)C)n(C)c2)n(C)c1. The van der Waals surface area contributed by atoms with E-state index in [0.717, 1.165) is 13.0 Å². The summed E-state index contributed by atoms with van der Waals surface area (Å²) in [6.45, 7) is 1.43. The molecule has 33 heavy (non-hydrogen) atoms. The van der Waals surface area contributed by atoms with E-state index in [4.69, 9.17) is 0 Å². The van der Waals surface area contributed by atoms with E-state index in [9.17, 15) is 19.2 Å². The number of aryl methyl sites for hydroxylation is 2. The molecule has 2 aromatic rings. The Morgan fingerprint density at radius 3 is 2.06 bits per heavy atom. The van der Waals surface area contributed by atoms with Gasteiger partial charge in [0.1, 0.15) is 11.4 Å². The summed E-state index contributed by atoms with van der Waals surface area (Å²) in [5, 5.41) is 8.30. The number of rotatable bonds is 11. The fourth-order valence-corrected chi connectivity index (χ4v) is 3.14. The Morgan fingerprint density at radius 2 is 1.48 bits per heavy atom. The fraction of sp³-hybridized carbons (Fsp3) is 0.455. The first-order valence-electron chi connectivity index (χ1n) is 10.5. The average Bonchev–Trinajstić information content (AvgIpc) is 3.30. The van der Waals surface area contributed by atoms with Gasteiger partial charge in [-0.25, -0.2) is 0 Å². The lowest BCUT2D eigenvalue weighted by atomic mass is 10.3. The molecule has 3 amide bonds. The average molecular weight is 461 g/mol. The van der Waals surface area contributed by atoms with E-state index in [2.05, 4.69) is 20.7 Å². The van der Waals surface area contributed by atoms with Gasteiger partial charge in [0, 0.05) is 39.5 Å². The molecule has 0 fully saturated rings. The van der Waals surface area contributed by atoms with Gasteiger partial charge in [0.2, 0.25) is 5.91 Å². The van der Waals surface area contributed by atoms with Crippen molar-refractivity contribution >= 4 is 35.1 Å². The Bertz CT molecular complexity index is 1010. The van der Waals surface area contributed by atoms with Gasteiger partial charge in [-0.05, 0) is 39.2 Å². The summed E-state index contributed by atoms with van der Waals surface area (Å²) in [7, 11) is 8.62. The van der Waals surface area contributed by atoms with E-state index in [1.165, 1.54) is 13.2 Å². The number of carbonyl (C=O) groups excluding carboxylic acids is 4. The van der Waals surface area contributed by atoms with E-state index in [-0.39, 0.29) is 24.7 Å². The largest absolute Gasteiger partial charge is 0.469 e. The predicted molar refractivity (Wildman–Crippen MR) is 124 cm³/mol. The van der Waals surface area contributed by atoms with Crippen molar-refractivity contribution in [3.05, 3.63) is 35.9 Å². The smallest absolute Gasteiger partial charge is 0.306 e. The molecular formula is C22H32N6O5. The summed E-state index contributed by atoms with van der Waals surface area (Å²) >= 11 is 0. The molecule has 0 aliphatic heterocycles. The summed E-state index contributed by atoms with van der Waals surface area (Å²) in [5.74, 6) is -1.44. The lowest BCUT2D eigenvalue weighted by Crippen LogP contribution is -2.28. The molecule has 11 heteroatoms. The van der Waals surface area contributed by atoms with Crippen molar-refractivity contribution in [3.63, 3.8) is 0 Å². The van der Waals surface area contributed by atoms with Crippen LogP contribution in [0.1, 0.15) is 40.2 Å². The van der Waals surface area contributed by atoms with Gasteiger partial charge in [-0.1, -0.05) is 0 Å². The number of ether oxygens (including phenoxy) is 1. The molecule has 3 N–H and O–H groups in total. The Kier molecular flexibility index (Phi) is 9.22. The van der Waals surface area contributed by atoms with E-state index in [1.54, 1.807) is 41.7 Å². The van der Waals surface area contributed by atoms with Gasteiger partial charge in [0.15, 0.2) is 0 Å². The summed E-state index contributed by atoms with van der Waals surface area (Å²) in [4.78, 5) is 50.3. The lowest BCUT2D eigenvalue weighted by molar-refractivity contribution is -0.141. The number of carbonyl (C=O) groups is 4. The van der Waals surface area contributed by atoms with Gasteiger partial charge in [-0.15, -0.1) is 0 Å². The molecule has 2 rings (SSSR count). The lowest BCUT2D eigenvalue weighted by Gasteiger charge is -2.10. The number of aromatic nitrogens is 2. The number of anilines is 2. The molecule has 0 atom stereocenters. The van der Waals surface area contributed by atoms with Crippen LogP contribution < -0.4 is 16.0 Å². The van der Waals surface area contributed by atoms with Crippen LogP contribution in [0.15, 0.2) is 24.5 Å². The van der Waals surface area contributed by atoms with Gasteiger partial charge < -0.3 is 34.7 Å². The van der Waals surface area contributed by atoms with Gasteiger partial charge in [-0.2, -0.15) is 0 Å². The first kappa shape index (κ1) is 25.7. The third-order valence-electron chi connectivity index (χ3n) is 4.87. The van der Waals surface area contributed by atoms with Crippen molar-refractivity contribution in [1.29, 1.82) is 0 Å². The van der Waals surface area contributed by atoms with Gasteiger partial charge in [0.25, 0.3) is 11.8 Å². The minimum Gasteiger partial charge on any atom is -0.469 e. The maximum Gasteiger partial charge on any atom is 0.306 e. The number of amides is 3. The van der Waals surface area contributed by atoms with E-state index >= 15 is 0 Å². The van der Waals surface area contributed by atoms with Crippen LogP contribution in [-0.4, -0.2) is 72.0 Å². The molecule has 180 valence electrons. The Balaban J connectivity index is 1.96. The van der Waals surface area contributed by atoms with Crippen LogP contribution in [0.3, 0.4) is 0 Å². The first-order valence-corrected chi connectivity index (χ1v) is 10.5. The number of esters is 1. The number of nitrogens with one attached hydrogen (secondary N) is 3. The summed E-state index contributed by atoms with van der Waals surface area (Å²) in [6, 6.07) is 3.14. The molecular weight excluding hydrogens is 428 g/mol. The third kappa shape index (κ3) is 7.79. The Labute approximate surface area is 193 Å². The molecule has 0 unspecified atom stereocenters. The van der Waals surface area contributed by atoms with Crippen LogP contribution in [0.4, 0.5) is 11.4 Å². The van der Waals surface area contributed by atoms with Crippen LogP contribution in [-0.2, 0) is 28.4 Å². The topological polar surface area (TPSA) is 127 Å². The number of hydrogen-bond donors (Lipinski definition) is 3. The minimum absolute atomic E-state index is 0.0207. The normalized spacial score (nSPS) is 10.7. The summed E-state index contributed by atoms with van der Waals surface area (Å²) < 4.78 is 7.74. The zero-order valence-electron chi connectivity index (χ0n) is 19.7. The minimum atomic E-state index is -0.470.